The number of nitrogens with one attached hydrogen (secondary N) is 1. The summed E-state index contributed by atoms with van der Waals surface area (Å²) >= 11 is 5.81. The maximum Gasteiger partial charge on any atom is 0.417 e. The molecule has 0 aromatic heterocycles. The first-order chi connectivity index (χ1) is 14.4. The molecule has 1 amide bonds. The van der Waals surface area contributed by atoms with Crippen molar-refractivity contribution in [3.05, 3.63) is 58.1 Å². The second kappa shape index (κ2) is 8.61. The number of piperidine rings is 1. The topological polar surface area (TPSA) is 32.3 Å². The fourth-order valence-corrected chi connectivity index (χ4v) is 3.86. The second-order valence-corrected chi connectivity index (χ2v) is 7.88. The highest BCUT2D eigenvalue weighted by atomic mass is 35.5. The monoisotopic (exact) mass is 464 g/mol. The Morgan fingerprint density at radius 2 is 1.71 bits per heavy atom. The lowest BCUT2D eigenvalue weighted by Gasteiger charge is -2.35. The summed E-state index contributed by atoms with van der Waals surface area (Å²) in [6.07, 6.45) is -9.69. The summed E-state index contributed by atoms with van der Waals surface area (Å²) in [5.41, 5.74) is -0.0814. The number of carbonyl (C=O) groups excluding carboxylic acids is 1. The smallest absolute Gasteiger partial charge is 0.371 e. The molecule has 31 heavy (non-hydrogen) atoms. The van der Waals surface area contributed by atoms with Gasteiger partial charge in [-0.25, -0.2) is 0 Å². The molecule has 3 nitrogen and oxygen atoms in total. The number of alkyl halides is 6. The van der Waals surface area contributed by atoms with Gasteiger partial charge in [-0.1, -0.05) is 23.7 Å². The molecule has 1 aliphatic rings. The Hall–Kier alpha value is -2.42. The van der Waals surface area contributed by atoms with Gasteiger partial charge in [-0.15, -0.1) is 0 Å². The average Bonchev–Trinajstić information content (AvgIpc) is 2.66. The number of anilines is 2. The van der Waals surface area contributed by atoms with E-state index in [0.717, 1.165) is 17.7 Å². The van der Waals surface area contributed by atoms with Crippen LogP contribution in [0.4, 0.5) is 37.7 Å². The van der Waals surface area contributed by atoms with E-state index in [9.17, 15) is 31.1 Å². The van der Waals surface area contributed by atoms with Gasteiger partial charge in [-0.3, -0.25) is 4.79 Å². The largest absolute Gasteiger partial charge is 0.417 e. The number of hydrogen-bond donors (Lipinski definition) is 1. The summed E-state index contributed by atoms with van der Waals surface area (Å²) in [5.74, 6) is -2.23. The van der Waals surface area contributed by atoms with Crippen molar-refractivity contribution >= 4 is 28.9 Å². The van der Waals surface area contributed by atoms with Gasteiger partial charge < -0.3 is 10.2 Å². The summed E-state index contributed by atoms with van der Waals surface area (Å²) in [5, 5.41) is 1.95. The zero-order valence-corrected chi connectivity index (χ0v) is 17.1. The van der Waals surface area contributed by atoms with Crippen LogP contribution in [0.25, 0.3) is 0 Å². The molecule has 0 saturated carbocycles. The fraction of sp³-hybridized carbons (Fsp3) is 0.381. The Balaban J connectivity index is 1.96. The molecule has 0 aliphatic carbocycles. The maximum atomic E-state index is 13.4. The molecule has 0 atom stereocenters. The summed E-state index contributed by atoms with van der Waals surface area (Å²) in [4.78, 5) is 14.2. The van der Waals surface area contributed by atoms with Crippen molar-refractivity contribution in [1.29, 1.82) is 0 Å². The van der Waals surface area contributed by atoms with Crippen LogP contribution in [-0.2, 0) is 6.18 Å². The summed E-state index contributed by atoms with van der Waals surface area (Å²) < 4.78 is 79.1. The lowest BCUT2D eigenvalue weighted by molar-refractivity contribution is -0.179. The molecule has 0 radical (unpaired) electrons. The van der Waals surface area contributed by atoms with Crippen molar-refractivity contribution in [3.8, 4) is 0 Å². The van der Waals surface area contributed by atoms with Crippen molar-refractivity contribution in [2.45, 2.75) is 32.1 Å². The molecule has 1 fully saturated rings. The highest BCUT2D eigenvalue weighted by Gasteiger charge is 2.42. The molecule has 2 aromatic carbocycles. The lowest BCUT2D eigenvalue weighted by atomic mass is 9.95. The Kier molecular flexibility index (Phi) is 6.45. The first-order valence-electron chi connectivity index (χ1n) is 9.46. The van der Waals surface area contributed by atoms with Gasteiger partial charge in [0.05, 0.1) is 27.8 Å². The van der Waals surface area contributed by atoms with E-state index in [-0.39, 0.29) is 37.2 Å². The zero-order chi connectivity index (χ0) is 23.0. The second-order valence-electron chi connectivity index (χ2n) is 7.47. The molecule has 3 rings (SSSR count). The Morgan fingerprint density at radius 3 is 2.26 bits per heavy atom. The molecule has 0 bridgehead atoms. The standard InChI is InChI=1S/C21H19ClF6N2O/c1-12-3-2-4-14(9-12)29-19(31)15-10-17(22)16(21(26,27)28)11-18(15)30-7-5-13(6-8-30)20(23,24)25/h2-4,9-11,13H,5-8H2,1H3,(H,29,31). The number of aryl methyl sites for hydroxylation is 1. The number of benzene rings is 2. The highest BCUT2D eigenvalue weighted by Crippen LogP contribution is 2.41. The van der Waals surface area contributed by atoms with Crippen LogP contribution in [0.3, 0.4) is 0 Å². The summed E-state index contributed by atoms with van der Waals surface area (Å²) in [6, 6.07) is 8.46. The number of halogens is 7. The highest BCUT2D eigenvalue weighted by molar-refractivity contribution is 6.32. The van der Waals surface area contributed by atoms with E-state index in [0.29, 0.717) is 5.69 Å². The van der Waals surface area contributed by atoms with Crippen LogP contribution in [0.5, 0.6) is 0 Å². The van der Waals surface area contributed by atoms with Crippen molar-refractivity contribution in [1.82, 2.24) is 0 Å². The van der Waals surface area contributed by atoms with Gasteiger partial charge in [0, 0.05) is 18.8 Å². The van der Waals surface area contributed by atoms with Gasteiger partial charge >= 0.3 is 12.4 Å². The quantitative estimate of drug-likeness (QED) is 0.513. The fourth-order valence-electron chi connectivity index (χ4n) is 3.59. The van der Waals surface area contributed by atoms with Gasteiger partial charge in [0.2, 0.25) is 0 Å². The van der Waals surface area contributed by atoms with E-state index in [4.69, 9.17) is 11.6 Å². The number of amides is 1. The van der Waals surface area contributed by atoms with E-state index >= 15 is 0 Å². The van der Waals surface area contributed by atoms with Crippen LogP contribution in [0.1, 0.15) is 34.3 Å². The van der Waals surface area contributed by atoms with Gasteiger partial charge in [0.15, 0.2) is 0 Å². The van der Waals surface area contributed by atoms with E-state index < -0.39 is 34.8 Å². The van der Waals surface area contributed by atoms with Crippen molar-refractivity contribution in [2.24, 2.45) is 5.92 Å². The number of carbonyl (C=O) groups is 1. The van der Waals surface area contributed by atoms with Crippen LogP contribution >= 0.6 is 11.6 Å². The predicted molar refractivity (Wildman–Crippen MR) is 107 cm³/mol. The van der Waals surface area contributed by atoms with E-state index in [1.54, 1.807) is 31.2 Å². The number of nitrogens with zero attached hydrogens (tertiary/aromatic N) is 1. The third-order valence-corrected chi connectivity index (χ3v) is 5.52. The maximum absolute atomic E-state index is 13.4. The molecule has 2 aromatic rings. The van der Waals surface area contributed by atoms with E-state index in [1.807, 2.05) is 0 Å². The minimum Gasteiger partial charge on any atom is -0.371 e. The molecule has 1 saturated heterocycles. The van der Waals surface area contributed by atoms with Crippen LogP contribution in [0.15, 0.2) is 36.4 Å². The normalized spacial score (nSPS) is 15.8. The van der Waals surface area contributed by atoms with Crippen molar-refractivity contribution in [3.63, 3.8) is 0 Å². The minimum absolute atomic E-state index is 0.0949. The van der Waals surface area contributed by atoms with Gasteiger partial charge in [-0.2, -0.15) is 26.3 Å². The molecule has 1 heterocycles. The van der Waals surface area contributed by atoms with Gasteiger partial charge in [0.1, 0.15) is 0 Å². The average molecular weight is 465 g/mol. The van der Waals surface area contributed by atoms with Crippen LogP contribution < -0.4 is 10.2 Å². The third kappa shape index (κ3) is 5.44. The van der Waals surface area contributed by atoms with E-state index in [2.05, 4.69) is 5.32 Å². The molecule has 168 valence electrons. The molecule has 1 aliphatic heterocycles. The first kappa shape index (κ1) is 23.2. The van der Waals surface area contributed by atoms with E-state index in [1.165, 1.54) is 4.90 Å². The molecular formula is C21H19ClF6N2O. The SMILES string of the molecule is Cc1cccc(NC(=O)c2cc(Cl)c(C(F)(F)F)cc2N2CCC(C(F)(F)F)CC2)c1. The van der Waals surface area contributed by atoms with Gasteiger partial charge in [0.25, 0.3) is 5.91 Å². The van der Waals surface area contributed by atoms with Crippen molar-refractivity contribution in [2.75, 3.05) is 23.3 Å². The minimum atomic E-state index is -4.78. The molecule has 0 spiro atoms. The number of rotatable bonds is 3. The van der Waals surface area contributed by atoms with Crippen LogP contribution in [0, 0.1) is 12.8 Å². The van der Waals surface area contributed by atoms with Crippen molar-refractivity contribution < 1.29 is 31.1 Å². The summed E-state index contributed by atoms with van der Waals surface area (Å²) in [7, 11) is 0. The lowest BCUT2D eigenvalue weighted by Crippen LogP contribution is -2.40. The van der Waals surface area contributed by atoms with Gasteiger partial charge in [-0.05, 0) is 49.6 Å². The molecule has 1 N–H and O–H groups in total. The first-order valence-corrected chi connectivity index (χ1v) is 9.84. The Labute approximate surface area is 180 Å². The molecule has 0 unspecified atom stereocenters. The predicted octanol–water partition coefficient (Wildman–Crippen LogP) is 6.70. The third-order valence-electron chi connectivity index (χ3n) is 5.21. The number of hydrogen-bond acceptors (Lipinski definition) is 2. The molecule has 10 heteroatoms. The summed E-state index contributed by atoms with van der Waals surface area (Å²) in [6.45, 7) is 1.54. The van der Waals surface area contributed by atoms with Crippen LogP contribution in [0.2, 0.25) is 5.02 Å². The Bertz CT molecular complexity index is 965. The zero-order valence-electron chi connectivity index (χ0n) is 16.4. The Morgan fingerprint density at radius 1 is 1.06 bits per heavy atom. The van der Waals surface area contributed by atoms with Crippen LogP contribution in [-0.4, -0.2) is 25.2 Å². The molecular weight excluding hydrogens is 446 g/mol.